The Kier molecular flexibility index (Phi) is 2.74. The third-order valence-electron chi connectivity index (χ3n) is 4.79. The number of fused-ring (bicyclic) bond motifs is 2. The maximum absolute atomic E-state index is 10.9. The molecule has 0 saturated heterocycles. The first-order chi connectivity index (χ1) is 7.01. The summed E-state index contributed by atoms with van der Waals surface area (Å²) in [6.07, 6.45) is 9.23. The average Bonchev–Trinajstić information content (AvgIpc) is 2.66. The van der Waals surface area contributed by atoms with E-state index in [1.807, 2.05) is 0 Å². The van der Waals surface area contributed by atoms with Crippen LogP contribution in [0.4, 0.5) is 0 Å². The number of rotatable bonds is 3. The van der Waals surface area contributed by atoms with E-state index in [4.69, 9.17) is 0 Å². The Morgan fingerprint density at radius 3 is 2.67 bits per heavy atom. The predicted molar refractivity (Wildman–Crippen MR) is 62.5 cm³/mol. The molecule has 0 N–H and O–H groups in total. The Hall–Kier alpha value is -0.590. The van der Waals surface area contributed by atoms with Crippen LogP contribution in [0.5, 0.6) is 0 Å². The maximum Gasteiger partial charge on any atom is 0.152 e. The first-order valence-electron chi connectivity index (χ1n) is 6.19. The molecular formula is C14H22O. The van der Waals surface area contributed by atoms with Gasteiger partial charge in [0.15, 0.2) is 5.78 Å². The molecule has 2 bridgehead atoms. The summed E-state index contributed by atoms with van der Waals surface area (Å²) < 4.78 is 0. The maximum atomic E-state index is 10.9. The lowest BCUT2D eigenvalue weighted by molar-refractivity contribution is -0.112. The Balaban J connectivity index is 2.00. The molecule has 0 aromatic carbocycles. The summed E-state index contributed by atoms with van der Waals surface area (Å²) in [5.41, 5.74) is 0.504. The molecule has 0 spiro atoms. The van der Waals surface area contributed by atoms with Crippen molar-refractivity contribution in [1.82, 2.24) is 0 Å². The van der Waals surface area contributed by atoms with Crippen LogP contribution >= 0.6 is 0 Å². The van der Waals surface area contributed by atoms with Crippen molar-refractivity contribution in [2.45, 2.75) is 46.5 Å². The summed E-state index contributed by atoms with van der Waals surface area (Å²) in [5.74, 6) is 2.86. The third kappa shape index (κ3) is 1.89. The monoisotopic (exact) mass is 206 g/mol. The highest BCUT2D eigenvalue weighted by molar-refractivity contribution is 5.87. The van der Waals surface area contributed by atoms with Crippen LogP contribution in [0.1, 0.15) is 46.5 Å². The lowest BCUT2D eigenvalue weighted by Gasteiger charge is -2.37. The standard InChI is InChI=1S/C14H22O/c1-10(15)5-4-6-13-11-7-8-12(9-11)14(13,2)3/h4-5,11-13H,6-9H2,1-3H3/b5-4+/t11-,12+,13?/m1/s1. The Morgan fingerprint density at radius 2 is 2.13 bits per heavy atom. The zero-order valence-corrected chi connectivity index (χ0v) is 10.1. The molecule has 0 heterocycles. The van der Waals surface area contributed by atoms with Crippen molar-refractivity contribution in [3.63, 3.8) is 0 Å². The highest BCUT2D eigenvalue weighted by Gasteiger charge is 2.51. The normalized spacial score (nSPS) is 37.7. The van der Waals surface area contributed by atoms with Gasteiger partial charge in [0, 0.05) is 0 Å². The van der Waals surface area contributed by atoms with Crippen LogP contribution < -0.4 is 0 Å². The van der Waals surface area contributed by atoms with E-state index in [0.717, 1.165) is 24.2 Å². The van der Waals surface area contributed by atoms with Crippen molar-refractivity contribution >= 4 is 5.78 Å². The van der Waals surface area contributed by atoms with Gasteiger partial charge in [-0.05, 0) is 61.9 Å². The first kappa shape index (κ1) is 10.9. The van der Waals surface area contributed by atoms with E-state index < -0.39 is 0 Å². The van der Waals surface area contributed by atoms with Gasteiger partial charge >= 0.3 is 0 Å². The van der Waals surface area contributed by atoms with E-state index in [1.54, 1.807) is 13.0 Å². The third-order valence-corrected chi connectivity index (χ3v) is 4.79. The second kappa shape index (κ2) is 3.77. The predicted octanol–water partition coefficient (Wildman–Crippen LogP) is 3.59. The Labute approximate surface area is 92.9 Å². The summed E-state index contributed by atoms with van der Waals surface area (Å²) >= 11 is 0. The van der Waals surface area contributed by atoms with Gasteiger partial charge in [-0.2, -0.15) is 0 Å². The Bertz CT molecular complexity index is 288. The molecule has 1 nitrogen and oxygen atoms in total. The quantitative estimate of drug-likeness (QED) is 0.645. The molecule has 1 unspecified atom stereocenters. The molecule has 15 heavy (non-hydrogen) atoms. The average molecular weight is 206 g/mol. The molecule has 2 rings (SSSR count). The largest absolute Gasteiger partial charge is 0.295 e. The fourth-order valence-corrected chi connectivity index (χ4v) is 3.84. The highest BCUT2D eigenvalue weighted by atomic mass is 16.1. The van der Waals surface area contributed by atoms with Gasteiger partial charge in [-0.25, -0.2) is 0 Å². The molecule has 2 fully saturated rings. The summed E-state index contributed by atoms with van der Waals surface area (Å²) in [7, 11) is 0. The minimum atomic E-state index is 0.177. The van der Waals surface area contributed by atoms with E-state index >= 15 is 0 Å². The van der Waals surface area contributed by atoms with Crippen molar-refractivity contribution in [3.05, 3.63) is 12.2 Å². The van der Waals surface area contributed by atoms with Crippen molar-refractivity contribution in [1.29, 1.82) is 0 Å². The number of hydrogen-bond donors (Lipinski definition) is 0. The summed E-state index contributed by atoms with van der Waals surface area (Å²) in [4.78, 5) is 10.9. The molecule has 84 valence electrons. The van der Waals surface area contributed by atoms with Crippen LogP contribution in [-0.4, -0.2) is 5.78 Å². The van der Waals surface area contributed by atoms with Gasteiger partial charge < -0.3 is 0 Å². The summed E-state index contributed by atoms with van der Waals surface area (Å²) in [5, 5.41) is 0. The number of carbonyl (C=O) groups is 1. The molecule has 2 saturated carbocycles. The highest BCUT2D eigenvalue weighted by Crippen LogP contribution is 2.60. The lowest BCUT2D eigenvalue weighted by atomic mass is 9.67. The van der Waals surface area contributed by atoms with Crippen molar-refractivity contribution in [2.24, 2.45) is 23.2 Å². The van der Waals surface area contributed by atoms with E-state index in [0.29, 0.717) is 5.41 Å². The van der Waals surface area contributed by atoms with Crippen molar-refractivity contribution < 1.29 is 4.79 Å². The summed E-state index contributed by atoms with van der Waals surface area (Å²) in [6.45, 7) is 6.47. The van der Waals surface area contributed by atoms with Gasteiger partial charge in [0.1, 0.15) is 0 Å². The van der Waals surface area contributed by atoms with E-state index in [-0.39, 0.29) is 5.78 Å². The molecule has 1 heteroatoms. The smallest absolute Gasteiger partial charge is 0.152 e. The van der Waals surface area contributed by atoms with Gasteiger partial charge in [-0.1, -0.05) is 19.9 Å². The van der Waals surface area contributed by atoms with Crippen LogP contribution in [0.2, 0.25) is 0 Å². The fraction of sp³-hybridized carbons (Fsp3) is 0.786. The van der Waals surface area contributed by atoms with Gasteiger partial charge in [0.2, 0.25) is 0 Å². The van der Waals surface area contributed by atoms with Gasteiger partial charge in [-0.3, -0.25) is 4.79 Å². The molecular weight excluding hydrogens is 184 g/mol. The zero-order valence-electron chi connectivity index (χ0n) is 10.1. The minimum absolute atomic E-state index is 0.177. The molecule has 0 aromatic rings. The molecule has 3 atom stereocenters. The SMILES string of the molecule is CC(=O)/C=C/CC1[C@@H]2CC[C@@H](C2)C1(C)C. The molecule has 0 aliphatic heterocycles. The van der Waals surface area contributed by atoms with Gasteiger partial charge in [0.05, 0.1) is 0 Å². The van der Waals surface area contributed by atoms with Crippen molar-refractivity contribution in [3.8, 4) is 0 Å². The minimum Gasteiger partial charge on any atom is -0.295 e. The fourth-order valence-electron chi connectivity index (χ4n) is 3.84. The van der Waals surface area contributed by atoms with Crippen LogP contribution in [0.15, 0.2) is 12.2 Å². The Morgan fingerprint density at radius 1 is 1.40 bits per heavy atom. The van der Waals surface area contributed by atoms with Crippen LogP contribution in [0, 0.1) is 23.2 Å². The second-order valence-corrected chi connectivity index (χ2v) is 5.95. The van der Waals surface area contributed by atoms with E-state index in [1.165, 1.54) is 19.3 Å². The van der Waals surface area contributed by atoms with Crippen molar-refractivity contribution in [2.75, 3.05) is 0 Å². The van der Waals surface area contributed by atoms with Crippen LogP contribution in [-0.2, 0) is 4.79 Å². The number of carbonyl (C=O) groups excluding carboxylic acids is 1. The topological polar surface area (TPSA) is 17.1 Å². The number of allylic oxidation sites excluding steroid dienone is 2. The van der Waals surface area contributed by atoms with Crippen LogP contribution in [0.25, 0.3) is 0 Å². The molecule has 0 radical (unpaired) electrons. The van der Waals surface area contributed by atoms with E-state index in [9.17, 15) is 4.79 Å². The van der Waals surface area contributed by atoms with E-state index in [2.05, 4.69) is 19.9 Å². The molecule has 2 aliphatic rings. The second-order valence-electron chi connectivity index (χ2n) is 5.95. The van der Waals surface area contributed by atoms with Gasteiger partial charge in [0.25, 0.3) is 0 Å². The number of hydrogen-bond acceptors (Lipinski definition) is 1. The lowest BCUT2D eigenvalue weighted by Crippen LogP contribution is -2.30. The molecule has 0 aromatic heterocycles. The zero-order chi connectivity index (χ0) is 11.1. The number of ketones is 1. The molecule has 2 aliphatic carbocycles. The van der Waals surface area contributed by atoms with Crippen LogP contribution in [0.3, 0.4) is 0 Å². The summed E-state index contributed by atoms with van der Waals surface area (Å²) in [6, 6.07) is 0. The first-order valence-corrected chi connectivity index (χ1v) is 6.19. The van der Waals surface area contributed by atoms with Gasteiger partial charge in [-0.15, -0.1) is 0 Å². The molecule has 0 amide bonds.